The summed E-state index contributed by atoms with van der Waals surface area (Å²) >= 11 is 0. The molecule has 0 fully saturated rings. The molecule has 0 aliphatic heterocycles. The van der Waals surface area contributed by atoms with Crippen LogP contribution in [0.3, 0.4) is 0 Å². The van der Waals surface area contributed by atoms with Crippen LogP contribution in [0, 0.1) is 0 Å². The zero-order valence-electron chi connectivity index (χ0n) is 10.0. The molecule has 0 amide bonds. The average Bonchev–Trinajstić information content (AvgIpc) is 2.65. The number of hydrogen-bond donors (Lipinski definition) is 2. The smallest absolute Gasteiger partial charge is 0.135 e. The third-order valence-corrected chi connectivity index (χ3v) is 2.31. The number of nitrogens with zero attached hydrogens (tertiary/aromatic N) is 1. The lowest BCUT2D eigenvalue weighted by Gasteiger charge is -2.09. The molecule has 0 aliphatic carbocycles. The topological polar surface area (TPSA) is 49.9 Å². The summed E-state index contributed by atoms with van der Waals surface area (Å²) in [5, 5.41) is 3.34. The van der Waals surface area contributed by atoms with Crippen molar-refractivity contribution in [1.29, 1.82) is 0 Å². The Morgan fingerprint density at radius 2 is 2.27 bits per heavy atom. The van der Waals surface area contributed by atoms with E-state index in [0.717, 1.165) is 24.5 Å². The van der Waals surface area contributed by atoms with Crippen LogP contribution in [-0.2, 0) is 11.3 Å². The van der Waals surface area contributed by atoms with E-state index in [4.69, 9.17) is 4.74 Å². The van der Waals surface area contributed by atoms with Gasteiger partial charge in [-0.25, -0.2) is 4.98 Å². The monoisotopic (exact) mass is 211 g/mol. The molecule has 1 heterocycles. The summed E-state index contributed by atoms with van der Waals surface area (Å²) in [7, 11) is 1.71. The van der Waals surface area contributed by atoms with Crippen LogP contribution in [0.4, 0.5) is 0 Å². The van der Waals surface area contributed by atoms with E-state index < -0.39 is 0 Å². The van der Waals surface area contributed by atoms with Gasteiger partial charge in [0.1, 0.15) is 11.9 Å². The molecule has 0 saturated carbocycles. The summed E-state index contributed by atoms with van der Waals surface area (Å²) in [5.74, 6) is 0.917. The van der Waals surface area contributed by atoms with E-state index in [1.54, 1.807) is 7.11 Å². The number of nitrogens with one attached hydrogen (secondary N) is 2. The van der Waals surface area contributed by atoms with E-state index in [9.17, 15) is 0 Å². The highest BCUT2D eigenvalue weighted by atomic mass is 16.5. The predicted octanol–water partition coefficient (Wildman–Crippen LogP) is 2.01. The maximum Gasteiger partial charge on any atom is 0.135 e. The SMILES string of the molecule is CCC(OC)c1ncc(CNC(C)C)[nH]1. The molecule has 1 unspecified atom stereocenters. The van der Waals surface area contributed by atoms with Crippen molar-refractivity contribution in [2.75, 3.05) is 7.11 Å². The molecule has 1 rings (SSSR count). The number of imidazole rings is 1. The summed E-state index contributed by atoms with van der Waals surface area (Å²) in [6.45, 7) is 7.16. The van der Waals surface area contributed by atoms with E-state index >= 15 is 0 Å². The number of aromatic nitrogens is 2. The molecule has 0 saturated heterocycles. The largest absolute Gasteiger partial charge is 0.374 e. The van der Waals surface area contributed by atoms with E-state index in [0.29, 0.717) is 6.04 Å². The van der Waals surface area contributed by atoms with Gasteiger partial charge in [0.05, 0.1) is 0 Å². The van der Waals surface area contributed by atoms with Crippen LogP contribution in [0.2, 0.25) is 0 Å². The lowest BCUT2D eigenvalue weighted by atomic mass is 10.3. The van der Waals surface area contributed by atoms with Gasteiger partial charge >= 0.3 is 0 Å². The first-order chi connectivity index (χ1) is 7.17. The number of rotatable bonds is 6. The first-order valence-corrected chi connectivity index (χ1v) is 5.47. The molecule has 0 aromatic carbocycles. The minimum absolute atomic E-state index is 0.0813. The molecule has 0 bridgehead atoms. The second kappa shape index (κ2) is 5.88. The van der Waals surface area contributed by atoms with Crippen LogP contribution >= 0.6 is 0 Å². The second-order valence-corrected chi connectivity index (χ2v) is 3.96. The number of hydrogen-bond acceptors (Lipinski definition) is 3. The molecule has 1 atom stereocenters. The number of H-pyrrole nitrogens is 1. The second-order valence-electron chi connectivity index (χ2n) is 3.96. The van der Waals surface area contributed by atoms with Gasteiger partial charge in [-0.2, -0.15) is 0 Å². The van der Waals surface area contributed by atoms with Crippen LogP contribution in [0.15, 0.2) is 6.20 Å². The summed E-state index contributed by atoms with van der Waals surface area (Å²) in [5.41, 5.74) is 1.11. The quantitative estimate of drug-likeness (QED) is 0.756. The first-order valence-electron chi connectivity index (χ1n) is 5.47. The Morgan fingerprint density at radius 1 is 1.53 bits per heavy atom. The van der Waals surface area contributed by atoms with Gasteiger partial charge in [-0.05, 0) is 6.42 Å². The summed E-state index contributed by atoms with van der Waals surface area (Å²) < 4.78 is 5.31. The van der Waals surface area contributed by atoms with Crippen LogP contribution < -0.4 is 5.32 Å². The lowest BCUT2D eigenvalue weighted by Crippen LogP contribution is -2.22. The fraction of sp³-hybridized carbons (Fsp3) is 0.727. The third kappa shape index (κ3) is 3.64. The highest BCUT2D eigenvalue weighted by molar-refractivity contribution is 5.03. The van der Waals surface area contributed by atoms with Gasteiger partial charge in [-0.3, -0.25) is 0 Å². The molecule has 0 aliphatic rings. The van der Waals surface area contributed by atoms with Crippen molar-refractivity contribution in [2.24, 2.45) is 0 Å². The van der Waals surface area contributed by atoms with Crippen molar-refractivity contribution in [1.82, 2.24) is 15.3 Å². The molecule has 0 radical (unpaired) electrons. The van der Waals surface area contributed by atoms with Gasteiger partial charge in [0.25, 0.3) is 0 Å². The van der Waals surface area contributed by atoms with Crippen LogP contribution in [0.1, 0.15) is 44.8 Å². The third-order valence-electron chi connectivity index (χ3n) is 2.31. The van der Waals surface area contributed by atoms with E-state index in [2.05, 4.69) is 36.1 Å². The molecule has 1 aromatic heterocycles. The van der Waals surface area contributed by atoms with Crippen LogP contribution in [-0.4, -0.2) is 23.1 Å². The molecular weight excluding hydrogens is 190 g/mol. The fourth-order valence-corrected chi connectivity index (χ4v) is 1.42. The standard InChI is InChI=1S/C11H21N3O/c1-5-10(15-4)11-13-7-9(14-11)6-12-8(2)3/h7-8,10,12H,5-6H2,1-4H3,(H,13,14). The van der Waals surface area contributed by atoms with Crippen molar-refractivity contribution in [3.8, 4) is 0 Å². The summed E-state index contributed by atoms with van der Waals surface area (Å²) in [4.78, 5) is 7.59. The van der Waals surface area contributed by atoms with Crippen LogP contribution in [0.5, 0.6) is 0 Å². The van der Waals surface area contributed by atoms with Crippen molar-refractivity contribution >= 4 is 0 Å². The first kappa shape index (κ1) is 12.2. The highest BCUT2D eigenvalue weighted by Crippen LogP contribution is 2.16. The lowest BCUT2D eigenvalue weighted by molar-refractivity contribution is 0.0932. The highest BCUT2D eigenvalue weighted by Gasteiger charge is 2.11. The average molecular weight is 211 g/mol. The molecular formula is C11H21N3O. The Hall–Kier alpha value is -0.870. The van der Waals surface area contributed by atoms with Crippen molar-refractivity contribution < 1.29 is 4.74 Å². The maximum atomic E-state index is 5.31. The van der Waals surface area contributed by atoms with Gasteiger partial charge in [0, 0.05) is 31.6 Å². The van der Waals surface area contributed by atoms with Crippen LogP contribution in [0.25, 0.3) is 0 Å². The number of methoxy groups -OCH3 is 1. The Bertz CT molecular complexity index is 279. The Morgan fingerprint density at radius 3 is 2.80 bits per heavy atom. The van der Waals surface area contributed by atoms with Crippen molar-refractivity contribution in [3.63, 3.8) is 0 Å². The molecule has 2 N–H and O–H groups in total. The van der Waals surface area contributed by atoms with E-state index in [-0.39, 0.29) is 6.10 Å². The maximum absolute atomic E-state index is 5.31. The summed E-state index contributed by atoms with van der Waals surface area (Å²) in [6.07, 6.45) is 2.88. The number of ether oxygens (including phenoxy) is 1. The zero-order chi connectivity index (χ0) is 11.3. The van der Waals surface area contributed by atoms with E-state index in [1.807, 2.05) is 6.20 Å². The van der Waals surface area contributed by atoms with Gasteiger partial charge in [0.2, 0.25) is 0 Å². The van der Waals surface area contributed by atoms with Crippen molar-refractivity contribution in [3.05, 3.63) is 17.7 Å². The molecule has 86 valence electrons. The zero-order valence-corrected chi connectivity index (χ0v) is 10.0. The Balaban J connectivity index is 2.55. The Kier molecular flexibility index (Phi) is 4.78. The molecule has 15 heavy (non-hydrogen) atoms. The van der Waals surface area contributed by atoms with Gasteiger partial charge in [0.15, 0.2) is 0 Å². The van der Waals surface area contributed by atoms with Crippen molar-refractivity contribution in [2.45, 2.75) is 45.9 Å². The molecule has 0 spiro atoms. The van der Waals surface area contributed by atoms with Gasteiger partial charge < -0.3 is 15.0 Å². The normalized spacial score (nSPS) is 13.4. The predicted molar refractivity (Wildman–Crippen MR) is 60.6 cm³/mol. The van der Waals surface area contributed by atoms with E-state index in [1.165, 1.54) is 0 Å². The molecule has 4 nitrogen and oxygen atoms in total. The minimum atomic E-state index is 0.0813. The molecule has 1 aromatic rings. The molecule has 4 heteroatoms. The van der Waals surface area contributed by atoms with Gasteiger partial charge in [-0.1, -0.05) is 20.8 Å². The fourth-order valence-electron chi connectivity index (χ4n) is 1.42. The Labute approximate surface area is 91.4 Å². The minimum Gasteiger partial charge on any atom is -0.374 e. The number of aromatic amines is 1. The summed E-state index contributed by atoms with van der Waals surface area (Å²) in [6, 6.07) is 0.487. The van der Waals surface area contributed by atoms with Gasteiger partial charge in [-0.15, -0.1) is 0 Å².